The van der Waals surface area contributed by atoms with Crippen LogP contribution in [-0.4, -0.2) is 93.1 Å². The molecule has 0 heterocycles. The van der Waals surface area contributed by atoms with E-state index >= 15 is 0 Å². The van der Waals surface area contributed by atoms with Gasteiger partial charge in [0.25, 0.3) is 0 Å². The molecule has 1 aromatic rings. The van der Waals surface area contributed by atoms with Crippen LogP contribution in [0.5, 0.6) is 5.75 Å². The van der Waals surface area contributed by atoms with Gasteiger partial charge in [-0.05, 0) is 24.3 Å². The summed E-state index contributed by atoms with van der Waals surface area (Å²) in [5.74, 6) is 0.300. The van der Waals surface area contributed by atoms with Crippen molar-refractivity contribution in [1.82, 2.24) is 0 Å². The molecule has 2 nitrogen and oxygen atoms in total. The number of rotatable bonds is 1. The summed E-state index contributed by atoms with van der Waals surface area (Å²) in [6.45, 7) is 0. The molecule has 0 unspecified atom stereocenters. The second kappa shape index (κ2) is 8.07. The van der Waals surface area contributed by atoms with E-state index in [1.165, 1.54) is 0 Å². The third-order valence-electron chi connectivity index (χ3n) is 1.16. The molecule has 0 spiro atoms. The van der Waals surface area contributed by atoms with Crippen LogP contribution in [0.15, 0.2) is 24.3 Å². The first-order valence-electron chi connectivity index (χ1n) is 2.79. The van der Waals surface area contributed by atoms with Gasteiger partial charge < -0.3 is 10.4 Å². The maximum atomic E-state index is 8.82. The summed E-state index contributed by atoms with van der Waals surface area (Å²) in [7, 11) is 1.84. The van der Waals surface area contributed by atoms with Crippen molar-refractivity contribution in [3.8, 4) is 5.75 Å². The Morgan fingerprint density at radius 1 is 1.18 bits per heavy atom. The molecule has 0 bridgehead atoms. The molecule has 11 heavy (non-hydrogen) atoms. The summed E-state index contributed by atoms with van der Waals surface area (Å²) in [6.07, 6.45) is 0. The Balaban J connectivity index is 0. The molecule has 0 atom stereocenters. The summed E-state index contributed by atoms with van der Waals surface area (Å²) < 4.78 is 0. The van der Waals surface area contributed by atoms with Crippen molar-refractivity contribution >= 4 is 86.6 Å². The van der Waals surface area contributed by atoms with E-state index in [2.05, 4.69) is 5.32 Å². The fourth-order valence-corrected chi connectivity index (χ4v) is 0.628. The minimum atomic E-state index is 0. The van der Waals surface area contributed by atoms with E-state index in [1.54, 1.807) is 12.1 Å². The van der Waals surface area contributed by atoms with Crippen molar-refractivity contribution in [2.24, 2.45) is 0 Å². The van der Waals surface area contributed by atoms with E-state index in [9.17, 15) is 0 Å². The van der Waals surface area contributed by atoms with Gasteiger partial charge in [0, 0.05) is 12.7 Å². The number of phenols is 1. The van der Waals surface area contributed by atoms with E-state index in [-0.39, 0.29) is 80.9 Å². The zero-order chi connectivity index (χ0) is 6.69. The fraction of sp³-hybridized carbons (Fsp3) is 0.143. The molecule has 1 rings (SSSR count). The molecular weight excluding hydrogens is 176 g/mol. The number of benzene rings is 1. The number of hydrogen-bond donors (Lipinski definition) is 2. The van der Waals surface area contributed by atoms with Crippen LogP contribution in [0.2, 0.25) is 0 Å². The summed E-state index contributed by atoms with van der Waals surface area (Å²) >= 11 is 0. The number of hydrogen-bond acceptors (Lipinski definition) is 2. The maximum absolute atomic E-state index is 8.82. The quantitative estimate of drug-likeness (QED) is 0.484. The summed E-state index contributed by atoms with van der Waals surface area (Å²) in [5, 5.41) is 11.8. The molecule has 0 aliphatic carbocycles. The van der Waals surface area contributed by atoms with Crippen LogP contribution < -0.4 is 5.32 Å². The van der Waals surface area contributed by atoms with Crippen molar-refractivity contribution in [2.75, 3.05) is 12.4 Å². The number of aromatic hydroxyl groups is 1. The molecule has 2 N–H and O–H groups in total. The van der Waals surface area contributed by atoms with Crippen molar-refractivity contribution in [3.63, 3.8) is 0 Å². The van der Waals surface area contributed by atoms with Gasteiger partial charge in [0.15, 0.2) is 0 Å². The monoisotopic (exact) mass is 187 g/mol. The van der Waals surface area contributed by atoms with E-state index in [0.29, 0.717) is 5.75 Å². The second-order valence-corrected chi connectivity index (χ2v) is 1.80. The standard InChI is InChI=1S/C7H9NO.K.Na.2H/c1-8-6-2-4-7(9)5-3-6;;;;/h2-5,8-9H,1H3;;;;. The van der Waals surface area contributed by atoms with Crippen LogP contribution in [0.25, 0.3) is 0 Å². The van der Waals surface area contributed by atoms with Crippen molar-refractivity contribution in [1.29, 1.82) is 0 Å². The first-order chi connectivity index (χ1) is 4.33. The Hall–Kier alpha value is 1.46. The van der Waals surface area contributed by atoms with Crippen molar-refractivity contribution < 1.29 is 5.11 Å². The molecule has 0 radical (unpaired) electrons. The van der Waals surface area contributed by atoms with Gasteiger partial charge in [-0.15, -0.1) is 0 Å². The minimum absolute atomic E-state index is 0. The average molecular weight is 187 g/mol. The van der Waals surface area contributed by atoms with Gasteiger partial charge in [-0.25, -0.2) is 0 Å². The average Bonchev–Trinajstić information content (AvgIpc) is 1.90. The molecule has 4 heteroatoms. The number of anilines is 1. The molecule has 0 saturated carbocycles. The Morgan fingerprint density at radius 3 is 2.00 bits per heavy atom. The van der Waals surface area contributed by atoms with E-state index in [1.807, 2.05) is 19.2 Å². The molecule has 0 aliphatic rings. The van der Waals surface area contributed by atoms with Crippen LogP contribution >= 0.6 is 0 Å². The molecule has 1 aromatic carbocycles. The van der Waals surface area contributed by atoms with E-state index in [0.717, 1.165) is 5.69 Å². The number of nitrogens with one attached hydrogen (secondary N) is 1. The number of phenolic OH excluding ortho intramolecular Hbond substituents is 1. The summed E-state index contributed by atoms with van der Waals surface area (Å²) in [4.78, 5) is 0. The van der Waals surface area contributed by atoms with Crippen molar-refractivity contribution in [3.05, 3.63) is 24.3 Å². The molecule has 0 aromatic heterocycles. The molecule has 0 amide bonds. The first-order valence-corrected chi connectivity index (χ1v) is 2.79. The molecule has 0 fully saturated rings. The van der Waals surface area contributed by atoms with E-state index in [4.69, 9.17) is 5.11 Å². The third kappa shape index (κ3) is 5.66. The van der Waals surface area contributed by atoms with Crippen LogP contribution in [0.1, 0.15) is 0 Å². The molecule has 0 aliphatic heterocycles. The first kappa shape index (κ1) is 15.0. The van der Waals surface area contributed by atoms with Gasteiger partial charge in [-0.3, -0.25) is 0 Å². The van der Waals surface area contributed by atoms with Crippen LogP contribution in [0.4, 0.5) is 5.69 Å². The van der Waals surface area contributed by atoms with Gasteiger partial charge in [0.2, 0.25) is 0 Å². The Labute approximate surface area is 131 Å². The van der Waals surface area contributed by atoms with Gasteiger partial charge >= 0.3 is 80.9 Å². The van der Waals surface area contributed by atoms with Gasteiger partial charge in [-0.1, -0.05) is 0 Å². The summed E-state index contributed by atoms with van der Waals surface area (Å²) in [5.41, 5.74) is 1.01. The predicted molar refractivity (Wildman–Crippen MR) is 52.0 cm³/mol. The van der Waals surface area contributed by atoms with Crippen LogP contribution in [0, 0.1) is 0 Å². The summed E-state index contributed by atoms with van der Waals surface area (Å²) in [6, 6.07) is 6.92. The normalized spacial score (nSPS) is 7.36. The molecular formula is C7H11KNNaO. The molecule has 0 saturated heterocycles. The van der Waals surface area contributed by atoms with Gasteiger partial charge in [-0.2, -0.15) is 0 Å². The predicted octanol–water partition coefficient (Wildman–Crippen LogP) is 0.137. The zero-order valence-corrected chi connectivity index (χ0v) is 5.26. The Morgan fingerprint density at radius 2 is 1.64 bits per heavy atom. The van der Waals surface area contributed by atoms with Gasteiger partial charge in [0.1, 0.15) is 5.75 Å². The fourth-order valence-electron chi connectivity index (χ4n) is 0.628. The van der Waals surface area contributed by atoms with Crippen LogP contribution in [0.3, 0.4) is 0 Å². The van der Waals surface area contributed by atoms with Gasteiger partial charge in [0.05, 0.1) is 0 Å². The topological polar surface area (TPSA) is 32.3 Å². The second-order valence-electron chi connectivity index (χ2n) is 1.80. The molecule has 52 valence electrons. The third-order valence-corrected chi connectivity index (χ3v) is 1.16. The Kier molecular flexibility index (Phi) is 11.0. The zero-order valence-electron chi connectivity index (χ0n) is 5.26. The Bertz CT molecular complexity index is 190. The SMILES string of the molecule is CNc1ccc(O)cc1.[KH].[NaH]. The van der Waals surface area contributed by atoms with Crippen molar-refractivity contribution in [2.45, 2.75) is 0 Å². The van der Waals surface area contributed by atoms with E-state index < -0.39 is 0 Å². The van der Waals surface area contributed by atoms with Crippen LogP contribution in [-0.2, 0) is 0 Å².